The second kappa shape index (κ2) is 73.2. The molecule has 0 aromatic rings. The van der Waals surface area contributed by atoms with Gasteiger partial charge in [-0.05, 0) is 77.0 Å². The highest BCUT2D eigenvalue weighted by Crippen LogP contribution is 2.38. The second-order valence-electron chi connectivity index (χ2n) is 28.8. The maximum Gasteiger partial charge on any atom is 0.306 e. The van der Waals surface area contributed by atoms with Crippen LogP contribution in [0, 0.1) is 0 Å². The van der Waals surface area contributed by atoms with E-state index in [1.54, 1.807) is 0 Å². The summed E-state index contributed by atoms with van der Waals surface area (Å²) in [5.41, 5.74) is 0. The van der Waals surface area contributed by atoms with Gasteiger partial charge in [-0.2, -0.15) is 0 Å². The molecule has 0 aromatic heterocycles. The van der Waals surface area contributed by atoms with E-state index in [9.17, 15) is 19.0 Å². The number of rotatable bonds is 76. The number of unbranched alkanes of at least 4 members (excludes halogenated alkanes) is 54. The molecule has 0 heterocycles. The maximum atomic E-state index is 12.9. The number of phosphoric acid groups is 1. The number of hydrogen-bond acceptors (Lipinski definition) is 8. The smallest absolute Gasteiger partial charge is 0.306 e. The third-order valence-electron chi connectivity index (χ3n) is 18.3. The van der Waals surface area contributed by atoms with Crippen LogP contribution in [0.4, 0.5) is 0 Å². The summed E-state index contributed by atoms with van der Waals surface area (Å²) in [6.45, 7) is 4.30. The minimum atomic E-state index is -4.64. The van der Waals surface area contributed by atoms with Crippen LogP contribution in [0.3, 0.4) is 0 Å². The van der Waals surface area contributed by atoms with Gasteiger partial charge in [0.2, 0.25) is 0 Å². The molecule has 2 unspecified atom stereocenters. The Kier molecular flexibility index (Phi) is 71.6. The average Bonchev–Trinajstić information content (AvgIpc) is 2.34. The monoisotopic (exact) mass is 1310 g/mol. The first-order valence-electron chi connectivity index (χ1n) is 40.3. The van der Waals surface area contributed by atoms with Crippen molar-refractivity contribution in [3.63, 3.8) is 0 Å². The van der Waals surface area contributed by atoms with Crippen molar-refractivity contribution in [1.82, 2.24) is 0 Å². The minimum Gasteiger partial charge on any atom is -0.756 e. The number of likely N-dealkylation sites (N-methyl/N-ethyl adjacent to an activating group) is 1. The molecule has 0 spiro atoms. The average molecular weight is 1320 g/mol. The molecule has 0 radical (unpaired) electrons. The molecule has 542 valence electrons. The maximum absolute atomic E-state index is 12.9. The van der Waals surface area contributed by atoms with Crippen LogP contribution >= 0.6 is 7.82 Å². The van der Waals surface area contributed by atoms with E-state index in [0.717, 1.165) is 44.9 Å². The molecule has 0 aliphatic carbocycles. The molecule has 2 atom stereocenters. The van der Waals surface area contributed by atoms with Gasteiger partial charge < -0.3 is 27.9 Å². The van der Waals surface area contributed by atoms with Gasteiger partial charge in [-0.3, -0.25) is 14.2 Å². The number of allylic oxidation sites excluding steroid dienone is 8. The summed E-state index contributed by atoms with van der Waals surface area (Å²) in [5, 5.41) is 0. The third kappa shape index (κ3) is 77.0. The van der Waals surface area contributed by atoms with Gasteiger partial charge in [0.1, 0.15) is 19.8 Å². The van der Waals surface area contributed by atoms with Gasteiger partial charge in [0, 0.05) is 12.8 Å². The Morgan fingerprint density at radius 3 is 0.859 bits per heavy atom. The molecule has 0 rings (SSSR count). The van der Waals surface area contributed by atoms with Crippen LogP contribution < -0.4 is 4.89 Å². The molecule has 10 heteroatoms. The van der Waals surface area contributed by atoms with Crippen LogP contribution in [0.5, 0.6) is 0 Å². The number of ether oxygens (including phenoxy) is 2. The molecule has 0 aromatic carbocycles. The molecule has 92 heavy (non-hydrogen) atoms. The van der Waals surface area contributed by atoms with E-state index in [-0.39, 0.29) is 32.0 Å². The quantitative estimate of drug-likeness (QED) is 0.0195. The van der Waals surface area contributed by atoms with Crippen molar-refractivity contribution in [2.75, 3.05) is 47.5 Å². The fourth-order valence-corrected chi connectivity index (χ4v) is 12.9. The van der Waals surface area contributed by atoms with Crippen molar-refractivity contribution in [2.24, 2.45) is 0 Å². The number of phosphoric ester groups is 1. The predicted molar refractivity (Wildman–Crippen MR) is 397 cm³/mol. The molecule has 0 fully saturated rings. The third-order valence-corrected chi connectivity index (χ3v) is 19.3. The predicted octanol–water partition coefficient (Wildman–Crippen LogP) is 26.1. The van der Waals surface area contributed by atoms with Gasteiger partial charge in [-0.15, -0.1) is 0 Å². The highest BCUT2D eigenvalue weighted by molar-refractivity contribution is 7.45. The van der Waals surface area contributed by atoms with Crippen molar-refractivity contribution in [2.45, 2.75) is 418 Å². The van der Waals surface area contributed by atoms with E-state index in [1.165, 1.54) is 334 Å². The van der Waals surface area contributed by atoms with Crippen molar-refractivity contribution in [1.29, 1.82) is 0 Å². The zero-order valence-electron chi connectivity index (χ0n) is 62.0. The lowest BCUT2D eigenvalue weighted by Crippen LogP contribution is -2.37. The fourth-order valence-electron chi connectivity index (χ4n) is 12.1. The van der Waals surface area contributed by atoms with E-state index in [0.29, 0.717) is 17.4 Å². The Bertz CT molecular complexity index is 1690. The normalized spacial score (nSPS) is 13.2. The lowest BCUT2D eigenvalue weighted by atomic mass is 10.0. The van der Waals surface area contributed by atoms with Gasteiger partial charge in [0.05, 0.1) is 27.7 Å². The van der Waals surface area contributed by atoms with E-state index in [2.05, 4.69) is 62.5 Å². The number of carbonyl (C=O) groups is 2. The second-order valence-corrected chi connectivity index (χ2v) is 30.2. The SMILES string of the molecule is CCCCCCC/C=C\C/C=C\CCCCCCCCCCCCCCCCCCCCCCCCCCCC(=O)OC(COC(=O)CCCCCCCCCCCCCCCCCCCCC/C=C\C/C=C\CCCCCCC)COP(=O)([O-])OCC[N+](C)(C)C. The van der Waals surface area contributed by atoms with E-state index in [1.807, 2.05) is 21.1 Å². The van der Waals surface area contributed by atoms with Crippen molar-refractivity contribution < 1.29 is 42.1 Å². The lowest BCUT2D eigenvalue weighted by Gasteiger charge is -2.28. The van der Waals surface area contributed by atoms with E-state index in [4.69, 9.17) is 18.5 Å². The largest absolute Gasteiger partial charge is 0.756 e. The zero-order valence-corrected chi connectivity index (χ0v) is 62.9. The van der Waals surface area contributed by atoms with Gasteiger partial charge in [-0.25, -0.2) is 0 Å². The van der Waals surface area contributed by atoms with Crippen LogP contribution in [-0.2, 0) is 32.7 Å². The Hall–Kier alpha value is -2.03. The number of hydrogen-bond donors (Lipinski definition) is 0. The first-order chi connectivity index (χ1) is 45.0. The number of nitrogens with zero attached hydrogens (tertiary/aromatic N) is 1. The fraction of sp³-hybridized carbons (Fsp3) is 0.878. The molecule has 0 amide bonds. The summed E-state index contributed by atoms with van der Waals surface area (Å²) in [6, 6.07) is 0. The summed E-state index contributed by atoms with van der Waals surface area (Å²) in [7, 11) is 1.19. The summed E-state index contributed by atoms with van der Waals surface area (Å²) in [6.07, 6.45) is 96.7. The molecule has 0 aliphatic heterocycles. The van der Waals surface area contributed by atoms with Crippen molar-refractivity contribution in [3.8, 4) is 0 Å². The van der Waals surface area contributed by atoms with Gasteiger partial charge in [-0.1, -0.05) is 371 Å². The molecule has 0 N–H and O–H groups in total. The van der Waals surface area contributed by atoms with Crippen molar-refractivity contribution >= 4 is 19.8 Å². The van der Waals surface area contributed by atoms with Crippen LogP contribution in [0.1, 0.15) is 412 Å². The zero-order chi connectivity index (χ0) is 66.9. The first-order valence-corrected chi connectivity index (χ1v) is 41.8. The first kappa shape index (κ1) is 90.0. The van der Waals surface area contributed by atoms with Crippen molar-refractivity contribution in [3.05, 3.63) is 48.6 Å². The van der Waals surface area contributed by atoms with Crippen LogP contribution in [0.2, 0.25) is 0 Å². The molecule has 0 saturated heterocycles. The number of carbonyl (C=O) groups excluding carboxylic acids is 2. The molecule has 0 aliphatic rings. The minimum absolute atomic E-state index is 0.0278. The van der Waals surface area contributed by atoms with Gasteiger partial charge >= 0.3 is 11.9 Å². The van der Waals surface area contributed by atoms with Crippen LogP contribution in [-0.4, -0.2) is 70.0 Å². The summed E-state index contributed by atoms with van der Waals surface area (Å²) in [4.78, 5) is 38.2. The Balaban J connectivity index is 3.90. The van der Waals surface area contributed by atoms with Crippen LogP contribution in [0.25, 0.3) is 0 Å². The highest BCUT2D eigenvalue weighted by Gasteiger charge is 2.22. The molecular weight excluding hydrogens is 1160 g/mol. The Morgan fingerprint density at radius 1 is 0.337 bits per heavy atom. The van der Waals surface area contributed by atoms with E-state index >= 15 is 0 Å². The van der Waals surface area contributed by atoms with Gasteiger partial charge in [0.15, 0.2) is 6.10 Å². The topological polar surface area (TPSA) is 111 Å². The molecule has 0 saturated carbocycles. The summed E-state index contributed by atoms with van der Waals surface area (Å²) >= 11 is 0. The molecular formula is C82H156NO8P. The van der Waals surface area contributed by atoms with E-state index < -0.39 is 26.5 Å². The summed E-state index contributed by atoms with van der Waals surface area (Å²) in [5.74, 6) is -0.809. The highest BCUT2D eigenvalue weighted by atomic mass is 31.2. The summed E-state index contributed by atoms with van der Waals surface area (Å²) < 4.78 is 34.4. The van der Waals surface area contributed by atoms with Crippen LogP contribution in [0.15, 0.2) is 48.6 Å². The molecule has 9 nitrogen and oxygen atoms in total. The van der Waals surface area contributed by atoms with Gasteiger partial charge in [0.25, 0.3) is 7.82 Å². The molecule has 0 bridgehead atoms. The lowest BCUT2D eigenvalue weighted by molar-refractivity contribution is -0.870. The standard InChI is InChI=1S/C82H156NO8P/c1-6-8-10-12-14-16-18-20-22-24-26-28-30-32-34-36-38-39-40-41-42-43-45-47-49-51-53-55-57-59-61-63-65-67-69-71-73-75-82(85)91-80(79-90-92(86,87)89-77-76-83(3,4)5)78-88-81(84)74-72-70-68-66-64-62-60-58-56-54-52-50-48-46-44-37-35-33-31-29-27-25-23-21-19-17-15-13-11-9-7-2/h18-21,24-27,80H,6-17,22-23,28-79H2,1-5H3/b20-18-,21-19-,26-24-,27-25-. The number of esters is 2. The Labute approximate surface area is 573 Å². The number of quaternary nitrogens is 1. The Morgan fingerprint density at radius 2 is 0.587 bits per heavy atom.